The van der Waals surface area contributed by atoms with Crippen LogP contribution in [0.25, 0.3) is 11.1 Å². The number of likely N-dealkylation sites (N-methyl/N-ethyl adjacent to an activating group) is 1. The molecule has 0 spiro atoms. The Morgan fingerprint density at radius 1 is 1.09 bits per heavy atom. The number of nitrogens with one attached hydrogen (secondary N) is 1. The van der Waals surface area contributed by atoms with Gasteiger partial charge in [-0.15, -0.1) is 0 Å². The number of hydrogen-bond acceptors (Lipinski definition) is 5. The van der Waals surface area contributed by atoms with E-state index < -0.39 is 30.4 Å². The van der Waals surface area contributed by atoms with Crippen LogP contribution in [0, 0.1) is 5.92 Å². The van der Waals surface area contributed by atoms with E-state index in [0.29, 0.717) is 12.5 Å². The molecule has 0 radical (unpaired) electrons. The summed E-state index contributed by atoms with van der Waals surface area (Å²) in [4.78, 5) is 38.1. The molecule has 8 heteroatoms. The van der Waals surface area contributed by atoms with Gasteiger partial charge < -0.3 is 20.1 Å². The number of thioether (sulfide) groups is 1. The van der Waals surface area contributed by atoms with Crippen LogP contribution in [0.1, 0.15) is 23.5 Å². The largest absolute Gasteiger partial charge is 0.481 e. The standard InChI is InChI=1S/C24H26N2O5S/c1-26(11-15-13-32-14-15)23(29)21(10-22(27)28)25-24(30)31-12-20-18-8-4-2-6-16(18)17-7-3-5-9-19(17)20/h2-9,15,20-21H,10-14H2,1H3,(H,25,30)(H,27,28). The summed E-state index contributed by atoms with van der Waals surface area (Å²) in [5.41, 5.74) is 4.40. The van der Waals surface area contributed by atoms with Gasteiger partial charge >= 0.3 is 12.1 Å². The minimum Gasteiger partial charge on any atom is -0.481 e. The van der Waals surface area contributed by atoms with E-state index >= 15 is 0 Å². The van der Waals surface area contributed by atoms with Crippen molar-refractivity contribution < 1.29 is 24.2 Å². The summed E-state index contributed by atoms with van der Waals surface area (Å²) < 4.78 is 5.48. The molecule has 1 heterocycles. The number of rotatable bonds is 8. The minimum absolute atomic E-state index is 0.100. The van der Waals surface area contributed by atoms with Gasteiger partial charge in [0.1, 0.15) is 12.6 Å². The van der Waals surface area contributed by atoms with Crippen molar-refractivity contribution in [1.29, 1.82) is 0 Å². The van der Waals surface area contributed by atoms with Crippen molar-refractivity contribution in [3.63, 3.8) is 0 Å². The first-order valence-corrected chi connectivity index (χ1v) is 11.8. The van der Waals surface area contributed by atoms with Crippen molar-refractivity contribution in [2.45, 2.75) is 18.4 Å². The number of nitrogens with zero attached hydrogens (tertiary/aromatic N) is 1. The third-order valence-corrected chi connectivity index (χ3v) is 7.34. The lowest BCUT2D eigenvalue weighted by molar-refractivity contribution is -0.142. The van der Waals surface area contributed by atoms with Gasteiger partial charge in [-0.2, -0.15) is 11.8 Å². The number of carboxylic acids is 1. The van der Waals surface area contributed by atoms with Crippen LogP contribution in [0.15, 0.2) is 48.5 Å². The van der Waals surface area contributed by atoms with Crippen molar-refractivity contribution in [2.75, 3.05) is 31.7 Å². The molecule has 0 bridgehead atoms. The van der Waals surface area contributed by atoms with Crippen LogP contribution in [-0.4, -0.2) is 65.7 Å². The first-order chi connectivity index (χ1) is 15.4. The SMILES string of the molecule is CN(CC1CSC1)C(=O)C(CC(=O)O)NC(=O)OCC1c2ccccc2-c2ccccc21. The zero-order valence-corrected chi connectivity index (χ0v) is 18.6. The van der Waals surface area contributed by atoms with Gasteiger partial charge in [-0.25, -0.2) is 4.79 Å². The van der Waals surface area contributed by atoms with Crippen LogP contribution in [0.5, 0.6) is 0 Å². The molecule has 1 aliphatic heterocycles. The van der Waals surface area contributed by atoms with Crippen LogP contribution in [0.2, 0.25) is 0 Å². The van der Waals surface area contributed by atoms with E-state index in [1.54, 1.807) is 7.05 Å². The van der Waals surface area contributed by atoms with E-state index in [-0.39, 0.29) is 12.5 Å². The second kappa shape index (κ2) is 9.65. The molecule has 1 atom stereocenters. The maximum absolute atomic E-state index is 12.8. The zero-order valence-electron chi connectivity index (χ0n) is 17.8. The number of alkyl carbamates (subject to hydrolysis) is 1. The van der Waals surface area contributed by atoms with Gasteiger partial charge in [0.05, 0.1) is 6.42 Å². The summed E-state index contributed by atoms with van der Waals surface area (Å²) in [5, 5.41) is 11.7. The summed E-state index contributed by atoms with van der Waals surface area (Å²) in [6, 6.07) is 14.8. The van der Waals surface area contributed by atoms with E-state index in [4.69, 9.17) is 4.74 Å². The lowest BCUT2D eigenvalue weighted by atomic mass is 9.98. The van der Waals surface area contributed by atoms with Crippen molar-refractivity contribution in [3.05, 3.63) is 59.7 Å². The molecule has 2 aliphatic rings. The minimum atomic E-state index is -1.17. The molecule has 1 fully saturated rings. The number of fused-ring (bicyclic) bond motifs is 3. The lowest BCUT2D eigenvalue weighted by Crippen LogP contribution is -2.50. The average Bonchev–Trinajstić information content (AvgIpc) is 3.07. The average molecular weight is 455 g/mol. The van der Waals surface area contributed by atoms with E-state index in [1.165, 1.54) is 4.90 Å². The van der Waals surface area contributed by atoms with E-state index in [1.807, 2.05) is 60.3 Å². The Bertz CT molecular complexity index is 977. The molecule has 32 heavy (non-hydrogen) atoms. The smallest absolute Gasteiger partial charge is 0.407 e. The van der Waals surface area contributed by atoms with Gasteiger partial charge in [-0.1, -0.05) is 48.5 Å². The summed E-state index contributed by atoms with van der Waals surface area (Å²) in [6.07, 6.45) is -1.29. The van der Waals surface area contributed by atoms with E-state index in [0.717, 1.165) is 33.8 Å². The van der Waals surface area contributed by atoms with Gasteiger partial charge in [-0.3, -0.25) is 9.59 Å². The van der Waals surface area contributed by atoms with Crippen molar-refractivity contribution in [3.8, 4) is 11.1 Å². The first kappa shape index (κ1) is 22.2. The highest BCUT2D eigenvalue weighted by Crippen LogP contribution is 2.44. The summed E-state index contributed by atoms with van der Waals surface area (Å²) in [5.74, 6) is 0.698. The van der Waals surface area contributed by atoms with Crippen molar-refractivity contribution >= 4 is 29.7 Å². The maximum atomic E-state index is 12.8. The van der Waals surface area contributed by atoms with Crippen LogP contribution >= 0.6 is 11.8 Å². The number of amides is 2. The normalized spacial score (nSPS) is 15.8. The molecule has 2 aromatic rings. The number of hydrogen-bond donors (Lipinski definition) is 2. The highest BCUT2D eigenvalue weighted by Gasteiger charge is 2.32. The Hall–Kier alpha value is -3.00. The van der Waals surface area contributed by atoms with Crippen LogP contribution in [-0.2, 0) is 14.3 Å². The number of carbonyl (C=O) groups excluding carboxylic acids is 2. The fraction of sp³-hybridized carbons (Fsp3) is 0.375. The number of carbonyl (C=O) groups is 3. The maximum Gasteiger partial charge on any atom is 0.407 e. The number of carboxylic acid groups (broad SMARTS) is 1. The molecule has 2 aromatic carbocycles. The Morgan fingerprint density at radius 3 is 2.22 bits per heavy atom. The number of benzene rings is 2. The molecule has 168 valence electrons. The van der Waals surface area contributed by atoms with Crippen LogP contribution in [0.3, 0.4) is 0 Å². The first-order valence-electron chi connectivity index (χ1n) is 10.6. The van der Waals surface area contributed by atoms with Crippen LogP contribution in [0.4, 0.5) is 4.79 Å². The van der Waals surface area contributed by atoms with Crippen molar-refractivity contribution in [2.24, 2.45) is 5.92 Å². The van der Waals surface area contributed by atoms with E-state index in [2.05, 4.69) is 5.32 Å². The molecule has 1 aliphatic carbocycles. The molecule has 1 saturated heterocycles. The number of ether oxygens (including phenoxy) is 1. The van der Waals surface area contributed by atoms with Gasteiger partial charge in [-0.05, 0) is 39.7 Å². The lowest BCUT2D eigenvalue weighted by Gasteiger charge is -2.31. The molecule has 1 unspecified atom stereocenters. The monoisotopic (exact) mass is 454 g/mol. The fourth-order valence-electron chi connectivity index (χ4n) is 4.29. The summed E-state index contributed by atoms with van der Waals surface area (Å²) in [7, 11) is 1.64. The second-order valence-corrected chi connectivity index (χ2v) is 9.32. The second-order valence-electron chi connectivity index (χ2n) is 8.24. The molecule has 7 nitrogen and oxygen atoms in total. The molecular formula is C24H26N2O5S. The highest BCUT2D eigenvalue weighted by molar-refractivity contribution is 8.00. The molecule has 2 amide bonds. The quantitative estimate of drug-likeness (QED) is 0.636. The van der Waals surface area contributed by atoms with Gasteiger partial charge in [0, 0.05) is 19.5 Å². The summed E-state index contributed by atoms with van der Waals surface area (Å²) >= 11 is 1.82. The predicted octanol–water partition coefficient (Wildman–Crippen LogP) is 3.19. The highest BCUT2D eigenvalue weighted by atomic mass is 32.2. The molecule has 0 saturated carbocycles. The van der Waals surface area contributed by atoms with Crippen LogP contribution < -0.4 is 5.32 Å². The molecule has 4 rings (SSSR count). The third-order valence-electron chi connectivity index (χ3n) is 5.93. The Kier molecular flexibility index (Phi) is 6.69. The Labute approximate surface area is 191 Å². The van der Waals surface area contributed by atoms with Crippen molar-refractivity contribution in [1.82, 2.24) is 10.2 Å². The summed E-state index contributed by atoms with van der Waals surface area (Å²) in [6.45, 7) is 0.650. The fourth-order valence-corrected chi connectivity index (χ4v) is 5.07. The molecular weight excluding hydrogens is 428 g/mol. The van der Waals surface area contributed by atoms with Gasteiger partial charge in [0.15, 0.2) is 0 Å². The topological polar surface area (TPSA) is 95.9 Å². The van der Waals surface area contributed by atoms with Gasteiger partial charge in [0.2, 0.25) is 5.91 Å². The molecule has 2 N–H and O–H groups in total. The third kappa shape index (κ3) is 4.75. The Balaban J connectivity index is 1.40. The number of aliphatic carboxylic acids is 1. The van der Waals surface area contributed by atoms with E-state index in [9.17, 15) is 19.5 Å². The predicted molar refractivity (Wildman–Crippen MR) is 123 cm³/mol. The zero-order chi connectivity index (χ0) is 22.7. The van der Waals surface area contributed by atoms with Gasteiger partial charge in [0.25, 0.3) is 0 Å². The molecule has 0 aromatic heterocycles. The Morgan fingerprint density at radius 2 is 1.69 bits per heavy atom.